The molecule has 2 N–H and O–H groups in total. The smallest absolute Gasteiger partial charge is 0.272 e. The first kappa shape index (κ1) is 18.3. The van der Waals surface area contributed by atoms with Crippen LogP contribution in [0.4, 0.5) is 0 Å². The molecule has 0 saturated carbocycles. The fraction of sp³-hybridized carbons (Fsp3) is 0.263. The molecule has 1 fully saturated rings. The predicted octanol–water partition coefficient (Wildman–Crippen LogP) is 2.42. The Morgan fingerprint density at radius 1 is 1.23 bits per heavy atom. The number of nitrogens with one attached hydrogen (secondary N) is 1. The number of carbonyl (C=O) groups is 2. The number of hydrazine groups is 1. The van der Waals surface area contributed by atoms with Crippen LogP contribution < -0.4 is 10.2 Å². The molecule has 136 valence electrons. The van der Waals surface area contributed by atoms with E-state index in [1.165, 1.54) is 16.8 Å². The van der Waals surface area contributed by atoms with Gasteiger partial charge in [-0.25, -0.2) is 5.01 Å². The van der Waals surface area contributed by atoms with Gasteiger partial charge in [-0.15, -0.1) is 11.8 Å². The molecular formula is C19H20N2O4S. The number of aliphatic hydroxyl groups is 1. The van der Waals surface area contributed by atoms with Crippen molar-refractivity contribution in [3.63, 3.8) is 0 Å². The maximum Gasteiger partial charge on any atom is 0.272 e. The SMILES string of the molecule is COc1cccc(C2SC(C)C(=O)N2NC(=O)C(O)c2ccccc2)c1. The summed E-state index contributed by atoms with van der Waals surface area (Å²) in [4.78, 5) is 25.0. The fourth-order valence-corrected chi connectivity index (χ4v) is 3.93. The van der Waals surface area contributed by atoms with Crippen molar-refractivity contribution >= 4 is 23.6 Å². The van der Waals surface area contributed by atoms with Gasteiger partial charge >= 0.3 is 0 Å². The van der Waals surface area contributed by atoms with Crippen LogP contribution in [0.1, 0.15) is 29.5 Å². The Hall–Kier alpha value is -2.51. The monoisotopic (exact) mass is 372 g/mol. The maximum atomic E-state index is 12.5. The van der Waals surface area contributed by atoms with Gasteiger partial charge in [-0.05, 0) is 30.2 Å². The fourth-order valence-electron chi connectivity index (χ4n) is 2.73. The van der Waals surface area contributed by atoms with Crippen molar-refractivity contribution in [3.8, 4) is 5.75 Å². The lowest BCUT2D eigenvalue weighted by Gasteiger charge is -2.26. The van der Waals surface area contributed by atoms with Crippen molar-refractivity contribution in [1.29, 1.82) is 0 Å². The van der Waals surface area contributed by atoms with Gasteiger partial charge in [-0.3, -0.25) is 15.0 Å². The first-order chi connectivity index (χ1) is 12.5. The molecule has 3 rings (SSSR count). The average Bonchev–Trinajstić information content (AvgIpc) is 2.96. The molecule has 0 aliphatic carbocycles. The van der Waals surface area contributed by atoms with E-state index in [9.17, 15) is 14.7 Å². The Morgan fingerprint density at radius 3 is 2.65 bits per heavy atom. The van der Waals surface area contributed by atoms with E-state index in [0.717, 1.165) is 5.56 Å². The molecular weight excluding hydrogens is 352 g/mol. The van der Waals surface area contributed by atoms with Gasteiger partial charge in [0, 0.05) is 0 Å². The lowest BCUT2D eigenvalue weighted by molar-refractivity contribution is -0.144. The van der Waals surface area contributed by atoms with E-state index in [4.69, 9.17) is 4.74 Å². The summed E-state index contributed by atoms with van der Waals surface area (Å²) in [7, 11) is 1.57. The third-order valence-corrected chi connectivity index (χ3v) is 5.48. The van der Waals surface area contributed by atoms with Gasteiger partial charge in [-0.1, -0.05) is 42.5 Å². The number of hydrogen-bond acceptors (Lipinski definition) is 5. The highest BCUT2D eigenvalue weighted by Gasteiger charge is 2.40. The predicted molar refractivity (Wildman–Crippen MR) is 99.2 cm³/mol. The summed E-state index contributed by atoms with van der Waals surface area (Å²) in [5.41, 5.74) is 3.88. The molecule has 1 heterocycles. The summed E-state index contributed by atoms with van der Waals surface area (Å²) in [6, 6.07) is 16.0. The lowest BCUT2D eigenvalue weighted by atomic mass is 10.1. The van der Waals surface area contributed by atoms with Gasteiger partial charge in [-0.2, -0.15) is 0 Å². The van der Waals surface area contributed by atoms with Crippen LogP contribution in [0.3, 0.4) is 0 Å². The molecule has 0 spiro atoms. The van der Waals surface area contributed by atoms with Crippen LogP contribution in [-0.4, -0.2) is 34.3 Å². The van der Waals surface area contributed by atoms with E-state index in [2.05, 4.69) is 5.43 Å². The molecule has 2 aromatic carbocycles. The first-order valence-electron chi connectivity index (χ1n) is 8.17. The summed E-state index contributed by atoms with van der Waals surface area (Å²) < 4.78 is 5.24. The Labute approximate surface area is 156 Å². The topological polar surface area (TPSA) is 78.9 Å². The molecule has 7 heteroatoms. The van der Waals surface area contributed by atoms with Crippen molar-refractivity contribution in [2.45, 2.75) is 23.7 Å². The minimum Gasteiger partial charge on any atom is -0.497 e. The highest BCUT2D eigenvalue weighted by atomic mass is 32.2. The number of hydrogen-bond donors (Lipinski definition) is 2. The molecule has 3 unspecified atom stereocenters. The van der Waals surface area contributed by atoms with E-state index in [1.807, 2.05) is 24.3 Å². The van der Waals surface area contributed by atoms with Crippen LogP contribution in [0.15, 0.2) is 54.6 Å². The van der Waals surface area contributed by atoms with Crippen LogP contribution in [0.5, 0.6) is 5.75 Å². The van der Waals surface area contributed by atoms with Crippen LogP contribution >= 0.6 is 11.8 Å². The van der Waals surface area contributed by atoms with Gasteiger partial charge in [0.25, 0.3) is 11.8 Å². The molecule has 0 bridgehead atoms. The molecule has 6 nitrogen and oxygen atoms in total. The van der Waals surface area contributed by atoms with Crippen LogP contribution in [0.2, 0.25) is 0 Å². The number of methoxy groups -OCH3 is 1. The standard InChI is InChI=1S/C19H20N2O4S/c1-12-18(24)21(19(26-12)14-9-6-10-15(11-14)25-2)20-17(23)16(22)13-7-4-3-5-8-13/h3-12,16,19,22H,1-2H3,(H,20,23). The first-order valence-corrected chi connectivity index (χ1v) is 9.11. The summed E-state index contributed by atoms with van der Waals surface area (Å²) in [5.74, 6) is -0.186. The number of rotatable bonds is 5. The number of nitrogens with zero attached hydrogens (tertiary/aromatic N) is 1. The molecule has 1 saturated heterocycles. The highest BCUT2D eigenvalue weighted by molar-refractivity contribution is 8.01. The molecule has 3 atom stereocenters. The molecule has 0 radical (unpaired) electrons. The number of aliphatic hydroxyl groups excluding tert-OH is 1. The number of amides is 2. The van der Waals surface area contributed by atoms with Gasteiger partial charge in [0.05, 0.1) is 12.4 Å². The molecule has 26 heavy (non-hydrogen) atoms. The average molecular weight is 372 g/mol. The Kier molecular flexibility index (Phi) is 5.49. The van der Waals surface area contributed by atoms with Crippen molar-refractivity contribution in [1.82, 2.24) is 10.4 Å². The van der Waals surface area contributed by atoms with Crippen LogP contribution in [0.25, 0.3) is 0 Å². The minimum absolute atomic E-state index is 0.212. The quantitative estimate of drug-likeness (QED) is 0.843. The third kappa shape index (κ3) is 3.68. The zero-order valence-electron chi connectivity index (χ0n) is 14.5. The van der Waals surface area contributed by atoms with Gasteiger partial charge in [0.1, 0.15) is 11.1 Å². The maximum absolute atomic E-state index is 12.5. The van der Waals surface area contributed by atoms with E-state index < -0.39 is 12.0 Å². The van der Waals surface area contributed by atoms with E-state index in [1.54, 1.807) is 44.4 Å². The molecule has 1 aliphatic rings. The lowest BCUT2D eigenvalue weighted by Crippen LogP contribution is -2.47. The Morgan fingerprint density at radius 2 is 1.96 bits per heavy atom. The second-order valence-corrected chi connectivity index (χ2v) is 7.33. The Balaban J connectivity index is 1.81. The van der Waals surface area contributed by atoms with Crippen molar-refractivity contribution < 1.29 is 19.4 Å². The normalized spacial score (nSPS) is 20.7. The number of carbonyl (C=O) groups excluding carboxylic acids is 2. The summed E-state index contributed by atoms with van der Waals surface area (Å²) in [6.07, 6.45) is -1.35. The largest absolute Gasteiger partial charge is 0.497 e. The molecule has 2 amide bonds. The van der Waals surface area contributed by atoms with Crippen molar-refractivity contribution in [2.75, 3.05) is 7.11 Å². The molecule has 2 aromatic rings. The summed E-state index contributed by atoms with van der Waals surface area (Å²) in [5, 5.41) is 10.9. The van der Waals surface area contributed by atoms with Gasteiger partial charge in [0.2, 0.25) is 0 Å². The number of ether oxygens (including phenoxy) is 1. The highest BCUT2D eigenvalue weighted by Crippen LogP contribution is 2.42. The van der Waals surface area contributed by atoms with Crippen molar-refractivity contribution in [2.24, 2.45) is 0 Å². The van der Waals surface area contributed by atoms with E-state index >= 15 is 0 Å². The summed E-state index contributed by atoms with van der Waals surface area (Å²) >= 11 is 1.43. The molecule has 1 aliphatic heterocycles. The van der Waals surface area contributed by atoms with E-state index in [-0.39, 0.29) is 16.5 Å². The van der Waals surface area contributed by atoms with Crippen LogP contribution in [0, 0.1) is 0 Å². The zero-order chi connectivity index (χ0) is 18.7. The van der Waals surface area contributed by atoms with Crippen molar-refractivity contribution in [3.05, 3.63) is 65.7 Å². The van der Waals surface area contributed by atoms with Crippen LogP contribution in [-0.2, 0) is 9.59 Å². The second kappa shape index (κ2) is 7.80. The molecule has 0 aromatic heterocycles. The number of benzene rings is 2. The zero-order valence-corrected chi connectivity index (χ0v) is 15.3. The second-order valence-electron chi connectivity index (χ2n) is 5.90. The van der Waals surface area contributed by atoms with Gasteiger partial charge < -0.3 is 9.84 Å². The van der Waals surface area contributed by atoms with Gasteiger partial charge in [0.15, 0.2) is 6.10 Å². The number of thioether (sulfide) groups is 1. The summed E-state index contributed by atoms with van der Waals surface area (Å²) in [6.45, 7) is 1.79. The van der Waals surface area contributed by atoms with E-state index in [0.29, 0.717) is 11.3 Å². The minimum atomic E-state index is -1.35. The Bertz CT molecular complexity index is 799. The third-order valence-electron chi connectivity index (χ3n) is 4.13.